The van der Waals surface area contributed by atoms with E-state index in [2.05, 4.69) is 42.0 Å². The van der Waals surface area contributed by atoms with Gasteiger partial charge < -0.3 is 10.4 Å². The van der Waals surface area contributed by atoms with E-state index in [1.54, 1.807) is 43.3 Å². The fourth-order valence-corrected chi connectivity index (χ4v) is 2.93. The zero-order valence-electron chi connectivity index (χ0n) is 16.7. The molecule has 1 aromatic carbocycles. The van der Waals surface area contributed by atoms with Gasteiger partial charge in [0.05, 0.1) is 17.2 Å². The Morgan fingerprint density at radius 3 is 2.41 bits per heavy atom. The number of nitrogens with zero attached hydrogens (tertiary/aromatic N) is 4. The fraction of sp³-hybridized carbons (Fsp3) is 0.273. The number of carbonyl (C=O) groups is 1. The number of nitrogens with one attached hydrogen (secondary N) is 1. The molecule has 0 spiro atoms. The first kappa shape index (κ1) is 20.1. The minimum absolute atomic E-state index is 0.144. The maximum atomic E-state index is 12.3. The van der Waals surface area contributed by atoms with E-state index >= 15 is 0 Å². The van der Waals surface area contributed by atoms with E-state index in [0.29, 0.717) is 22.5 Å². The number of rotatable bonds is 6. The van der Waals surface area contributed by atoms with Crippen molar-refractivity contribution in [3.63, 3.8) is 0 Å². The number of benzene rings is 1. The molecule has 1 atom stereocenters. The van der Waals surface area contributed by atoms with Gasteiger partial charge in [-0.1, -0.05) is 26.0 Å². The van der Waals surface area contributed by atoms with E-state index in [0.717, 1.165) is 12.0 Å². The van der Waals surface area contributed by atoms with Crippen LogP contribution < -0.4 is 10.3 Å². The molecular weight excluding hydrogens is 366 g/mol. The summed E-state index contributed by atoms with van der Waals surface area (Å²) in [5.74, 6) is 0.00852. The topological polar surface area (TPSA) is 102 Å². The van der Waals surface area contributed by atoms with Crippen molar-refractivity contribution < 1.29 is 9.90 Å². The molecule has 29 heavy (non-hydrogen) atoms. The van der Waals surface area contributed by atoms with Crippen molar-refractivity contribution in [2.24, 2.45) is 10.5 Å². The minimum atomic E-state index is -0.175. The summed E-state index contributed by atoms with van der Waals surface area (Å²) in [6.07, 6.45) is 2.41. The Morgan fingerprint density at radius 2 is 1.93 bits per heavy atom. The van der Waals surface area contributed by atoms with Gasteiger partial charge in [0.2, 0.25) is 5.88 Å². The van der Waals surface area contributed by atoms with Crippen LogP contribution in [0, 0.1) is 16.7 Å². The number of aromatic nitrogens is 1. The first-order chi connectivity index (χ1) is 13.8. The third-order valence-electron chi connectivity index (χ3n) is 5.17. The molecule has 1 saturated carbocycles. The first-order valence-electron chi connectivity index (χ1n) is 9.21. The van der Waals surface area contributed by atoms with Crippen LogP contribution in [0.15, 0.2) is 53.6 Å². The Kier molecular flexibility index (Phi) is 5.37. The highest BCUT2D eigenvalue weighted by molar-refractivity contribution is 5.94. The summed E-state index contributed by atoms with van der Waals surface area (Å²) in [7, 11) is 0. The molecule has 2 N–H and O–H groups in total. The molecular formula is C22H23N5O2. The van der Waals surface area contributed by atoms with Crippen LogP contribution in [0.1, 0.15) is 48.7 Å². The number of hydrogen-bond donors (Lipinski definition) is 2. The molecule has 1 amide bonds. The monoisotopic (exact) mass is 389 g/mol. The SMILES string of the molecule is C=NN(/C(O)=C(\C)c1ccc(C#N)cc1)c1ccc(C(=O)NC2CC2(C)C)cn1. The largest absolute Gasteiger partial charge is 0.493 e. The second-order valence-corrected chi connectivity index (χ2v) is 7.71. The number of pyridine rings is 1. The molecule has 7 heteroatoms. The number of allylic oxidation sites excluding steroid dienone is 1. The summed E-state index contributed by atoms with van der Waals surface area (Å²) in [6.45, 7) is 9.45. The lowest BCUT2D eigenvalue weighted by atomic mass is 10.1. The highest BCUT2D eigenvalue weighted by atomic mass is 16.3. The summed E-state index contributed by atoms with van der Waals surface area (Å²) >= 11 is 0. The zero-order chi connectivity index (χ0) is 21.2. The van der Waals surface area contributed by atoms with Crippen molar-refractivity contribution in [2.75, 3.05) is 5.01 Å². The highest BCUT2D eigenvalue weighted by Crippen LogP contribution is 2.44. The first-order valence-corrected chi connectivity index (χ1v) is 9.21. The van der Waals surface area contributed by atoms with E-state index in [1.165, 1.54) is 11.2 Å². The summed E-state index contributed by atoms with van der Waals surface area (Å²) < 4.78 is 0. The lowest BCUT2D eigenvalue weighted by molar-refractivity contribution is 0.0946. The van der Waals surface area contributed by atoms with Crippen molar-refractivity contribution in [1.29, 1.82) is 5.26 Å². The van der Waals surface area contributed by atoms with Crippen LogP contribution in [-0.2, 0) is 0 Å². The molecule has 148 valence electrons. The van der Waals surface area contributed by atoms with Gasteiger partial charge in [-0.2, -0.15) is 15.4 Å². The van der Waals surface area contributed by atoms with Crippen LogP contribution in [0.25, 0.3) is 5.57 Å². The quantitative estimate of drug-likeness (QED) is 0.444. The molecule has 0 aliphatic heterocycles. The normalized spacial score (nSPS) is 17.5. The number of anilines is 1. The Morgan fingerprint density at radius 1 is 1.31 bits per heavy atom. The number of nitriles is 1. The third kappa shape index (κ3) is 4.27. The molecule has 0 bridgehead atoms. The zero-order valence-corrected chi connectivity index (χ0v) is 16.7. The molecule has 1 aromatic heterocycles. The van der Waals surface area contributed by atoms with Crippen molar-refractivity contribution in [3.05, 3.63) is 65.2 Å². The average molecular weight is 389 g/mol. The van der Waals surface area contributed by atoms with E-state index < -0.39 is 0 Å². The van der Waals surface area contributed by atoms with Gasteiger partial charge in [-0.05, 0) is 48.6 Å². The molecule has 7 nitrogen and oxygen atoms in total. The van der Waals surface area contributed by atoms with E-state index in [1.807, 2.05) is 0 Å². The second-order valence-electron chi connectivity index (χ2n) is 7.71. The van der Waals surface area contributed by atoms with E-state index in [9.17, 15) is 9.90 Å². The van der Waals surface area contributed by atoms with Gasteiger partial charge in [0.1, 0.15) is 0 Å². The number of carbonyl (C=O) groups excluding carboxylic acids is 1. The number of aliphatic hydroxyl groups is 1. The molecule has 1 fully saturated rings. The third-order valence-corrected chi connectivity index (χ3v) is 5.17. The Bertz CT molecular complexity index is 1000. The van der Waals surface area contributed by atoms with Crippen molar-refractivity contribution in [3.8, 4) is 6.07 Å². The predicted molar refractivity (Wildman–Crippen MR) is 112 cm³/mol. The van der Waals surface area contributed by atoms with Gasteiger partial charge in [0, 0.05) is 24.5 Å². The van der Waals surface area contributed by atoms with Gasteiger partial charge in [0.15, 0.2) is 5.82 Å². The van der Waals surface area contributed by atoms with Crippen LogP contribution in [0.5, 0.6) is 0 Å². The molecule has 1 heterocycles. The van der Waals surface area contributed by atoms with E-state index in [-0.39, 0.29) is 23.2 Å². The average Bonchev–Trinajstić information content (AvgIpc) is 3.33. The fourth-order valence-electron chi connectivity index (χ4n) is 2.93. The van der Waals surface area contributed by atoms with E-state index in [4.69, 9.17) is 5.26 Å². The van der Waals surface area contributed by atoms with Gasteiger partial charge >= 0.3 is 0 Å². The lowest BCUT2D eigenvalue weighted by Crippen LogP contribution is -2.28. The molecule has 1 aliphatic rings. The standard InChI is InChI=1S/C22H23N5O2/c1-14(16-7-5-15(12-23)6-8-16)21(29)27(24-4)19-10-9-17(13-25-19)20(28)26-18-11-22(18,2)3/h5-10,13,18,29H,4,11H2,1-3H3,(H,26,28)/b21-14-. The Hall–Kier alpha value is -3.66. The number of aliphatic hydroxyl groups excluding tert-OH is 1. The minimum Gasteiger partial charge on any atom is -0.493 e. The summed E-state index contributed by atoms with van der Waals surface area (Å²) in [5, 5.41) is 27.6. The summed E-state index contributed by atoms with van der Waals surface area (Å²) in [4.78, 5) is 16.6. The summed E-state index contributed by atoms with van der Waals surface area (Å²) in [6, 6.07) is 12.3. The predicted octanol–water partition coefficient (Wildman–Crippen LogP) is 3.85. The molecule has 0 saturated heterocycles. The number of hydrazone groups is 1. The van der Waals surface area contributed by atoms with Crippen LogP contribution in [0.4, 0.5) is 5.82 Å². The molecule has 1 aliphatic carbocycles. The summed E-state index contributed by atoms with van der Waals surface area (Å²) in [5.41, 5.74) is 2.39. The maximum Gasteiger partial charge on any atom is 0.253 e. The Labute approximate surface area is 170 Å². The van der Waals surface area contributed by atoms with Crippen LogP contribution in [-0.4, -0.2) is 28.8 Å². The molecule has 1 unspecified atom stereocenters. The number of amides is 1. The smallest absolute Gasteiger partial charge is 0.253 e. The van der Waals surface area contributed by atoms with Crippen LogP contribution in [0.2, 0.25) is 0 Å². The Balaban J connectivity index is 1.79. The number of hydrogen-bond acceptors (Lipinski definition) is 6. The van der Waals surface area contributed by atoms with Crippen LogP contribution in [0.3, 0.4) is 0 Å². The molecule has 2 aromatic rings. The van der Waals surface area contributed by atoms with Gasteiger partial charge in [0.25, 0.3) is 5.91 Å². The van der Waals surface area contributed by atoms with Crippen LogP contribution >= 0.6 is 0 Å². The lowest BCUT2D eigenvalue weighted by Gasteiger charge is -2.18. The van der Waals surface area contributed by atoms with Crippen molar-refractivity contribution in [2.45, 2.75) is 33.2 Å². The van der Waals surface area contributed by atoms with Gasteiger partial charge in [-0.25, -0.2) is 4.98 Å². The maximum absolute atomic E-state index is 12.3. The van der Waals surface area contributed by atoms with Crippen molar-refractivity contribution >= 4 is 24.0 Å². The molecule has 0 radical (unpaired) electrons. The van der Waals surface area contributed by atoms with Gasteiger partial charge in [-0.15, -0.1) is 0 Å². The second kappa shape index (κ2) is 7.76. The van der Waals surface area contributed by atoms with Gasteiger partial charge in [-0.3, -0.25) is 4.79 Å². The molecule has 3 rings (SSSR count). The van der Waals surface area contributed by atoms with Crippen molar-refractivity contribution in [1.82, 2.24) is 10.3 Å². The highest BCUT2D eigenvalue weighted by Gasteiger charge is 2.46.